The van der Waals surface area contributed by atoms with Gasteiger partial charge < -0.3 is 15.4 Å². The van der Waals surface area contributed by atoms with Crippen molar-refractivity contribution in [2.24, 2.45) is 0 Å². The molecular weight excluding hydrogens is 314 g/mol. The molecule has 6 nitrogen and oxygen atoms in total. The van der Waals surface area contributed by atoms with E-state index in [1.807, 2.05) is 12.3 Å². The van der Waals surface area contributed by atoms with Gasteiger partial charge in [0.1, 0.15) is 17.2 Å². The molecule has 0 bridgehead atoms. The zero-order valence-electron chi connectivity index (χ0n) is 14.9. The molecule has 0 aliphatic carbocycles. The minimum absolute atomic E-state index is 0.0171. The molecule has 0 aliphatic heterocycles. The number of rotatable bonds is 4. The van der Waals surface area contributed by atoms with Crippen molar-refractivity contribution >= 4 is 23.3 Å². The molecule has 0 fully saturated rings. The molecule has 0 radical (unpaired) electrons. The van der Waals surface area contributed by atoms with E-state index in [1.165, 1.54) is 11.3 Å². The quantitative estimate of drug-likeness (QED) is 0.881. The molecule has 2 N–H and O–H groups in total. The summed E-state index contributed by atoms with van der Waals surface area (Å²) in [4.78, 5) is 28.0. The van der Waals surface area contributed by atoms with Gasteiger partial charge in [0, 0.05) is 10.8 Å². The normalized spacial score (nSPS) is 13.3. The van der Waals surface area contributed by atoms with Gasteiger partial charge in [-0.05, 0) is 27.7 Å². The van der Waals surface area contributed by atoms with Crippen molar-refractivity contribution < 1.29 is 14.3 Å². The first-order chi connectivity index (χ1) is 10.4. The summed E-state index contributed by atoms with van der Waals surface area (Å²) in [6.45, 7) is 13.3. The first-order valence-corrected chi connectivity index (χ1v) is 8.48. The van der Waals surface area contributed by atoms with Crippen LogP contribution in [-0.2, 0) is 14.9 Å². The number of alkyl carbamates (subject to hydrolysis) is 1. The molecule has 1 rings (SSSR count). The Hall–Kier alpha value is -1.63. The van der Waals surface area contributed by atoms with E-state index in [2.05, 4.69) is 36.4 Å². The summed E-state index contributed by atoms with van der Waals surface area (Å²) in [5.41, 5.74) is 0.403. The van der Waals surface area contributed by atoms with Crippen molar-refractivity contribution in [1.82, 2.24) is 15.6 Å². The molecule has 7 heteroatoms. The number of nitrogens with one attached hydrogen (secondary N) is 2. The van der Waals surface area contributed by atoms with E-state index < -0.39 is 11.7 Å². The maximum atomic E-state index is 11.9. The van der Waals surface area contributed by atoms with E-state index in [0.717, 1.165) is 10.7 Å². The first kappa shape index (κ1) is 19.4. The van der Waals surface area contributed by atoms with Gasteiger partial charge in [-0.3, -0.25) is 4.79 Å². The summed E-state index contributed by atoms with van der Waals surface area (Å²) >= 11 is 1.52. The van der Waals surface area contributed by atoms with Crippen molar-refractivity contribution in [3.63, 3.8) is 0 Å². The van der Waals surface area contributed by atoms with Crippen LogP contribution in [0.1, 0.15) is 65.2 Å². The average Bonchev–Trinajstić information content (AvgIpc) is 2.83. The number of aromatic nitrogens is 1. The molecule has 2 amide bonds. The molecule has 1 aromatic heterocycles. The molecule has 23 heavy (non-hydrogen) atoms. The van der Waals surface area contributed by atoms with Crippen LogP contribution in [0.3, 0.4) is 0 Å². The predicted octanol–water partition coefficient (Wildman–Crippen LogP) is 3.14. The molecule has 1 heterocycles. The highest BCUT2D eigenvalue weighted by atomic mass is 32.1. The summed E-state index contributed by atoms with van der Waals surface area (Å²) in [5, 5.41) is 8.11. The minimum Gasteiger partial charge on any atom is -0.444 e. The number of ether oxygens (including phenoxy) is 1. The maximum absolute atomic E-state index is 11.9. The molecule has 1 unspecified atom stereocenters. The van der Waals surface area contributed by atoms with Crippen LogP contribution in [0.2, 0.25) is 0 Å². The van der Waals surface area contributed by atoms with Crippen LogP contribution in [0.4, 0.5) is 4.79 Å². The van der Waals surface area contributed by atoms with Crippen molar-refractivity contribution in [2.75, 3.05) is 6.54 Å². The predicted molar refractivity (Wildman–Crippen MR) is 91.6 cm³/mol. The number of nitrogens with zero attached hydrogens (tertiary/aromatic N) is 1. The summed E-state index contributed by atoms with van der Waals surface area (Å²) in [5.74, 6) is -0.282. The molecule has 0 spiro atoms. The lowest BCUT2D eigenvalue weighted by atomic mass is 9.93. The summed E-state index contributed by atoms with van der Waals surface area (Å²) < 4.78 is 5.08. The van der Waals surface area contributed by atoms with Crippen LogP contribution in [0.25, 0.3) is 0 Å². The maximum Gasteiger partial charge on any atom is 0.408 e. The van der Waals surface area contributed by atoms with E-state index in [9.17, 15) is 9.59 Å². The Morgan fingerprint density at radius 2 is 1.87 bits per heavy atom. The van der Waals surface area contributed by atoms with Gasteiger partial charge in [0.05, 0.1) is 11.7 Å². The molecule has 0 saturated heterocycles. The number of thiazole rings is 1. The number of carbonyl (C=O) groups is 2. The second-order valence-corrected chi connectivity index (χ2v) is 8.36. The molecule has 0 saturated carbocycles. The Balaban J connectivity index is 2.48. The fourth-order valence-electron chi connectivity index (χ4n) is 1.65. The van der Waals surface area contributed by atoms with Gasteiger partial charge >= 0.3 is 6.09 Å². The lowest BCUT2D eigenvalue weighted by Gasteiger charge is -2.19. The van der Waals surface area contributed by atoms with Crippen LogP contribution in [-0.4, -0.2) is 29.1 Å². The molecule has 0 aromatic carbocycles. The monoisotopic (exact) mass is 341 g/mol. The van der Waals surface area contributed by atoms with E-state index in [1.54, 1.807) is 20.8 Å². The fraction of sp³-hybridized carbons (Fsp3) is 0.688. The van der Waals surface area contributed by atoms with Crippen molar-refractivity contribution in [1.29, 1.82) is 0 Å². The average molecular weight is 341 g/mol. The molecule has 0 aliphatic rings. The third kappa shape index (κ3) is 6.99. The Labute approximate surface area is 142 Å². The highest BCUT2D eigenvalue weighted by Gasteiger charge is 2.21. The summed E-state index contributed by atoms with van der Waals surface area (Å²) in [6, 6.07) is -0.205. The van der Waals surface area contributed by atoms with Crippen LogP contribution >= 0.6 is 11.3 Å². The lowest BCUT2D eigenvalue weighted by Crippen LogP contribution is -2.40. The third-order valence-electron chi connectivity index (χ3n) is 2.83. The topological polar surface area (TPSA) is 80.3 Å². The van der Waals surface area contributed by atoms with Gasteiger partial charge in [-0.15, -0.1) is 11.3 Å². The zero-order valence-corrected chi connectivity index (χ0v) is 15.8. The SMILES string of the molecule is CC(NC(=O)CNC(=O)OC(C)(C)C)c1nc(C(C)(C)C)cs1. The number of hydrogen-bond acceptors (Lipinski definition) is 5. The largest absolute Gasteiger partial charge is 0.444 e. The smallest absolute Gasteiger partial charge is 0.408 e. The molecule has 1 atom stereocenters. The summed E-state index contributed by atoms with van der Waals surface area (Å²) in [7, 11) is 0. The second-order valence-electron chi connectivity index (χ2n) is 7.47. The van der Waals surface area contributed by atoms with Crippen LogP contribution in [0.15, 0.2) is 5.38 Å². The number of hydrogen-bond donors (Lipinski definition) is 2. The van der Waals surface area contributed by atoms with Crippen molar-refractivity contribution in [3.05, 3.63) is 16.1 Å². The molecule has 130 valence electrons. The number of carbonyl (C=O) groups excluding carboxylic acids is 2. The third-order valence-corrected chi connectivity index (χ3v) is 3.86. The van der Waals surface area contributed by atoms with Gasteiger partial charge in [-0.25, -0.2) is 9.78 Å². The Kier molecular flexibility index (Phi) is 6.16. The molecule has 1 aromatic rings. The first-order valence-electron chi connectivity index (χ1n) is 7.60. The lowest BCUT2D eigenvalue weighted by molar-refractivity contribution is -0.120. The Bertz CT molecular complexity index is 556. The van der Waals surface area contributed by atoms with Gasteiger partial charge in [-0.2, -0.15) is 0 Å². The number of amides is 2. The van der Waals surface area contributed by atoms with E-state index in [0.29, 0.717) is 0 Å². The highest BCUT2D eigenvalue weighted by molar-refractivity contribution is 7.09. The fourth-order valence-corrected chi connectivity index (χ4v) is 2.70. The highest BCUT2D eigenvalue weighted by Crippen LogP contribution is 2.26. The minimum atomic E-state index is -0.607. The second kappa shape index (κ2) is 7.29. The van der Waals surface area contributed by atoms with E-state index in [4.69, 9.17) is 4.74 Å². The van der Waals surface area contributed by atoms with Gasteiger partial charge in [0.15, 0.2) is 0 Å². The van der Waals surface area contributed by atoms with Gasteiger partial charge in [0.25, 0.3) is 0 Å². The van der Waals surface area contributed by atoms with Crippen molar-refractivity contribution in [2.45, 2.75) is 65.5 Å². The van der Waals surface area contributed by atoms with E-state index >= 15 is 0 Å². The Morgan fingerprint density at radius 3 is 2.35 bits per heavy atom. The van der Waals surface area contributed by atoms with E-state index in [-0.39, 0.29) is 23.9 Å². The standard InChI is InChI=1S/C16H27N3O3S/c1-10(13-19-11(9-23-13)15(2,3)4)18-12(20)8-17-14(21)22-16(5,6)7/h9-10H,8H2,1-7H3,(H,17,21)(H,18,20). The van der Waals surface area contributed by atoms with Gasteiger partial charge in [-0.1, -0.05) is 20.8 Å². The van der Waals surface area contributed by atoms with Gasteiger partial charge in [0.2, 0.25) is 5.91 Å². The summed E-state index contributed by atoms with van der Waals surface area (Å²) in [6.07, 6.45) is -0.607. The Morgan fingerprint density at radius 1 is 1.26 bits per heavy atom. The van der Waals surface area contributed by atoms with Crippen molar-refractivity contribution in [3.8, 4) is 0 Å². The van der Waals surface area contributed by atoms with Crippen LogP contribution in [0.5, 0.6) is 0 Å². The zero-order chi connectivity index (χ0) is 17.8. The van der Waals surface area contributed by atoms with Crippen LogP contribution < -0.4 is 10.6 Å². The molecular formula is C16H27N3O3S. The van der Waals surface area contributed by atoms with Crippen LogP contribution in [0, 0.1) is 0 Å².